The summed E-state index contributed by atoms with van der Waals surface area (Å²) in [6.07, 6.45) is 0. The van der Waals surface area contributed by atoms with Gasteiger partial charge >= 0.3 is 0 Å². The minimum atomic E-state index is -0.373. The maximum Gasteiger partial charge on any atom is 0.259 e. The summed E-state index contributed by atoms with van der Waals surface area (Å²) < 4.78 is 1.75. The lowest BCUT2D eigenvalue weighted by Crippen LogP contribution is -2.15. The van der Waals surface area contributed by atoms with E-state index in [2.05, 4.69) is 5.32 Å². The van der Waals surface area contributed by atoms with Gasteiger partial charge in [0.1, 0.15) is 5.69 Å². The van der Waals surface area contributed by atoms with Crippen LogP contribution in [0.3, 0.4) is 0 Å². The van der Waals surface area contributed by atoms with Crippen molar-refractivity contribution in [2.45, 2.75) is 16.7 Å². The topological polar surface area (TPSA) is 93.5 Å². The number of amides is 1. The molecule has 4 aromatic carbocycles. The largest absolute Gasteiger partial charge is 0.733 e. The normalized spacial score (nSPS) is 10.8. The lowest BCUT2D eigenvalue weighted by atomic mass is 10.1. The Hall–Kier alpha value is -4.37. The molecule has 37 heavy (non-hydrogen) atoms. The van der Waals surface area contributed by atoms with Crippen molar-refractivity contribution in [1.29, 1.82) is 0 Å². The Morgan fingerprint density at radius 2 is 1.51 bits per heavy atom. The molecule has 184 valence electrons. The van der Waals surface area contributed by atoms with E-state index in [-0.39, 0.29) is 16.8 Å². The number of carbonyl (C=O) groups excluding carboxylic acids is 1. The van der Waals surface area contributed by atoms with Crippen LogP contribution in [0.25, 0.3) is 16.9 Å². The van der Waals surface area contributed by atoms with Crippen LogP contribution in [0.1, 0.15) is 16.1 Å². The molecule has 0 fully saturated rings. The summed E-state index contributed by atoms with van der Waals surface area (Å²) >= 11 is 1.42. The number of hydrogen-bond acceptors (Lipinski definition) is 6. The highest BCUT2D eigenvalue weighted by Crippen LogP contribution is 2.34. The van der Waals surface area contributed by atoms with Crippen molar-refractivity contribution >= 4 is 29.0 Å². The fourth-order valence-electron chi connectivity index (χ4n) is 4.04. The maximum atomic E-state index is 13.7. The fraction of sp³-hybridized carbons (Fsp3) is 0.0345. The molecule has 0 radical (unpaired) electrons. The van der Waals surface area contributed by atoms with Gasteiger partial charge in [0, 0.05) is 21.0 Å². The van der Waals surface area contributed by atoms with Crippen LogP contribution in [0.4, 0.5) is 11.4 Å². The second kappa shape index (κ2) is 10.7. The van der Waals surface area contributed by atoms with Crippen molar-refractivity contribution < 1.29 is 10.0 Å². The van der Waals surface area contributed by atoms with Crippen molar-refractivity contribution in [1.82, 2.24) is 9.78 Å². The molecular weight excluding hydrogens is 484 g/mol. The average Bonchev–Trinajstić information content (AvgIpc) is 3.27. The summed E-state index contributed by atoms with van der Waals surface area (Å²) in [4.78, 5) is 15.3. The highest BCUT2D eigenvalue weighted by Gasteiger charge is 2.23. The van der Waals surface area contributed by atoms with Crippen LogP contribution < -0.4 is 10.5 Å². The molecule has 1 aromatic heterocycles. The molecule has 5 aromatic rings. The Morgan fingerprint density at radius 1 is 0.892 bits per heavy atom. The van der Waals surface area contributed by atoms with E-state index in [4.69, 9.17) is 5.10 Å². The van der Waals surface area contributed by atoms with E-state index in [0.29, 0.717) is 27.5 Å². The summed E-state index contributed by atoms with van der Waals surface area (Å²) in [5, 5.41) is 28.8. The van der Waals surface area contributed by atoms with Crippen LogP contribution in [0.5, 0.6) is 0 Å². The zero-order valence-electron chi connectivity index (χ0n) is 19.9. The van der Waals surface area contributed by atoms with Crippen LogP contribution in [-0.4, -0.2) is 20.9 Å². The smallest absolute Gasteiger partial charge is 0.259 e. The molecule has 0 spiro atoms. The standard InChI is InChI=1S/C29H23N4O3S/c1-20-27(28(21-11-5-2-6-12-21)31-32(20)23-13-7-3-8-14-23)29(34)30-22-17-24(33(35)36)19-26(18-22)37-25-15-9-4-10-16-25/h2-19,35H,1H3,(H,30,34)/q-1. The molecule has 0 aliphatic rings. The molecule has 0 atom stereocenters. The van der Waals surface area contributed by atoms with Gasteiger partial charge in [-0.2, -0.15) is 5.10 Å². The number of anilines is 2. The monoisotopic (exact) mass is 507 g/mol. The number of nitrogens with zero attached hydrogens (tertiary/aromatic N) is 3. The van der Waals surface area contributed by atoms with Crippen LogP contribution in [0.2, 0.25) is 0 Å². The highest BCUT2D eigenvalue weighted by molar-refractivity contribution is 7.99. The molecular formula is C29H23N4O3S-. The number of nitrogens with one attached hydrogen (secondary N) is 1. The number of carbonyl (C=O) groups is 1. The Balaban J connectivity index is 1.54. The second-order valence-corrected chi connectivity index (χ2v) is 9.43. The molecule has 0 unspecified atom stereocenters. The molecule has 0 saturated heterocycles. The first kappa shape index (κ1) is 24.3. The zero-order valence-corrected chi connectivity index (χ0v) is 20.7. The molecule has 0 bridgehead atoms. The molecule has 1 heterocycles. The van der Waals surface area contributed by atoms with Gasteiger partial charge in [0.15, 0.2) is 0 Å². The minimum Gasteiger partial charge on any atom is -0.733 e. The molecule has 0 saturated carbocycles. The van der Waals surface area contributed by atoms with E-state index in [1.165, 1.54) is 17.8 Å². The summed E-state index contributed by atoms with van der Waals surface area (Å²) in [5.74, 6) is -0.373. The van der Waals surface area contributed by atoms with Crippen LogP contribution in [0.15, 0.2) is 119 Å². The first-order valence-corrected chi connectivity index (χ1v) is 12.4. The molecule has 5 rings (SSSR count). The zero-order chi connectivity index (χ0) is 25.8. The van der Waals surface area contributed by atoms with E-state index in [0.717, 1.165) is 16.1 Å². The van der Waals surface area contributed by atoms with Gasteiger partial charge in [-0.05, 0) is 49.4 Å². The van der Waals surface area contributed by atoms with Crippen LogP contribution in [-0.2, 0) is 0 Å². The number of hydrogen-bond donors (Lipinski definition) is 2. The predicted octanol–water partition coefficient (Wildman–Crippen LogP) is 6.94. The van der Waals surface area contributed by atoms with Crippen LogP contribution in [0, 0.1) is 12.1 Å². The minimum absolute atomic E-state index is 0.0104. The Kier molecular flexibility index (Phi) is 7.04. The van der Waals surface area contributed by atoms with E-state index < -0.39 is 0 Å². The van der Waals surface area contributed by atoms with Crippen molar-refractivity contribution in [2.75, 3.05) is 10.5 Å². The molecule has 1 amide bonds. The summed E-state index contributed by atoms with van der Waals surface area (Å²) in [7, 11) is 0. The van der Waals surface area contributed by atoms with E-state index in [1.807, 2.05) is 97.9 Å². The van der Waals surface area contributed by atoms with Gasteiger partial charge in [0.05, 0.1) is 22.6 Å². The quantitative estimate of drug-likeness (QED) is 0.232. The van der Waals surface area contributed by atoms with E-state index in [9.17, 15) is 15.2 Å². The lowest BCUT2D eigenvalue weighted by Gasteiger charge is -2.23. The van der Waals surface area contributed by atoms with E-state index >= 15 is 0 Å². The Labute approximate surface area is 218 Å². The summed E-state index contributed by atoms with van der Waals surface area (Å²) in [6, 6.07) is 33.5. The maximum absolute atomic E-state index is 13.7. The molecule has 8 heteroatoms. The van der Waals surface area contributed by atoms with Crippen molar-refractivity contribution in [3.8, 4) is 16.9 Å². The van der Waals surface area contributed by atoms with Crippen LogP contribution >= 0.6 is 11.8 Å². The molecule has 2 N–H and O–H groups in total. The number of rotatable bonds is 7. The van der Waals surface area contributed by atoms with Crippen molar-refractivity contribution in [2.24, 2.45) is 0 Å². The Bertz CT molecular complexity index is 1520. The third-order valence-electron chi connectivity index (χ3n) is 5.74. The lowest BCUT2D eigenvalue weighted by molar-refractivity contribution is 0.102. The van der Waals surface area contributed by atoms with E-state index in [1.54, 1.807) is 16.8 Å². The van der Waals surface area contributed by atoms with Gasteiger partial charge < -0.3 is 15.8 Å². The first-order chi connectivity index (χ1) is 18.0. The first-order valence-electron chi connectivity index (χ1n) is 11.6. The summed E-state index contributed by atoms with van der Waals surface area (Å²) in [5.41, 5.74) is 3.66. The van der Waals surface area contributed by atoms with Gasteiger partial charge in [0.25, 0.3) is 5.91 Å². The highest BCUT2D eigenvalue weighted by atomic mass is 32.2. The fourth-order valence-corrected chi connectivity index (χ4v) is 4.97. The Morgan fingerprint density at radius 3 is 2.16 bits per heavy atom. The van der Waals surface area contributed by atoms with Gasteiger partial charge in [-0.15, -0.1) is 0 Å². The van der Waals surface area contributed by atoms with Gasteiger partial charge in [-0.1, -0.05) is 78.5 Å². The van der Waals surface area contributed by atoms with Gasteiger partial charge in [-0.3, -0.25) is 10.0 Å². The third kappa shape index (κ3) is 5.41. The number of aromatic nitrogens is 2. The molecule has 0 aliphatic heterocycles. The third-order valence-corrected chi connectivity index (χ3v) is 6.72. The number of benzene rings is 4. The van der Waals surface area contributed by atoms with Gasteiger partial charge in [0.2, 0.25) is 0 Å². The van der Waals surface area contributed by atoms with Gasteiger partial charge in [-0.25, -0.2) is 4.68 Å². The van der Waals surface area contributed by atoms with Crippen molar-refractivity contribution in [3.63, 3.8) is 0 Å². The number of para-hydroxylation sites is 1. The predicted molar refractivity (Wildman–Crippen MR) is 146 cm³/mol. The summed E-state index contributed by atoms with van der Waals surface area (Å²) in [6.45, 7) is 1.85. The molecule has 7 nitrogen and oxygen atoms in total. The average molecular weight is 508 g/mol. The second-order valence-electron chi connectivity index (χ2n) is 8.28. The molecule has 0 aliphatic carbocycles. The van der Waals surface area contributed by atoms with Crippen molar-refractivity contribution in [3.05, 3.63) is 126 Å². The SMILES string of the molecule is Cc1c(C(=O)Nc2cc(Sc3ccccc3)cc(N([O-])O)c2)c(-c2ccccc2)nn1-c1ccccc1.